The number of aromatic nitrogens is 1. The SMILES string of the molecule is CCCC1(CCC)NC(=O)c2c(Cl)cc(N)c(=O)n21. The van der Waals surface area contributed by atoms with Gasteiger partial charge in [-0.05, 0) is 18.9 Å². The quantitative estimate of drug-likeness (QED) is 0.888. The number of anilines is 1. The summed E-state index contributed by atoms with van der Waals surface area (Å²) in [5.41, 5.74) is 4.96. The van der Waals surface area contributed by atoms with E-state index in [1.807, 2.05) is 13.8 Å². The predicted molar refractivity (Wildman–Crippen MR) is 75.4 cm³/mol. The summed E-state index contributed by atoms with van der Waals surface area (Å²) in [5.74, 6) is -0.302. The first-order valence-electron chi connectivity index (χ1n) is 6.51. The van der Waals surface area contributed by atoms with E-state index < -0.39 is 5.66 Å². The van der Waals surface area contributed by atoms with Crippen LogP contribution in [0, 0.1) is 0 Å². The van der Waals surface area contributed by atoms with Crippen LogP contribution in [-0.2, 0) is 5.66 Å². The standard InChI is InChI=1S/C13H18ClN3O2/c1-3-5-13(6-4-2)16-11(18)10-8(14)7-9(15)12(19)17(10)13/h7H,3-6,15H2,1-2H3,(H,16,18). The minimum absolute atomic E-state index is 0.0711. The zero-order valence-electron chi connectivity index (χ0n) is 11.1. The molecule has 1 aromatic rings. The van der Waals surface area contributed by atoms with Crippen LogP contribution in [-0.4, -0.2) is 10.5 Å². The van der Waals surface area contributed by atoms with Crippen LogP contribution < -0.4 is 16.6 Å². The van der Waals surface area contributed by atoms with Crippen LogP contribution in [0.2, 0.25) is 5.02 Å². The molecule has 1 aliphatic heterocycles. The number of pyridine rings is 1. The molecular formula is C13H18ClN3O2. The second kappa shape index (κ2) is 4.89. The van der Waals surface area contributed by atoms with Gasteiger partial charge in [-0.3, -0.25) is 14.2 Å². The molecular weight excluding hydrogens is 266 g/mol. The second-order valence-corrected chi connectivity index (χ2v) is 5.33. The highest BCUT2D eigenvalue weighted by atomic mass is 35.5. The maximum Gasteiger partial charge on any atom is 0.276 e. The van der Waals surface area contributed by atoms with Gasteiger partial charge in [0.15, 0.2) is 0 Å². The van der Waals surface area contributed by atoms with E-state index >= 15 is 0 Å². The van der Waals surface area contributed by atoms with E-state index in [0.29, 0.717) is 12.8 Å². The molecule has 0 aromatic carbocycles. The maximum atomic E-state index is 12.3. The fourth-order valence-corrected chi connectivity index (χ4v) is 3.14. The fourth-order valence-electron chi connectivity index (χ4n) is 2.85. The zero-order chi connectivity index (χ0) is 14.2. The molecule has 2 heterocycles. The summed E-state index contributed by atoms with van der Waals surface area (Å²) in [7, 11) is 0. The molecule has 19 heavy (non-hydrogen) atoms. The number of nitrogen functional groups attached to an aromatic ring is 1. The number of carbonyl (C=O) groups excluding carboxylic acids is 1. The van der Waals surface area contributed by atoms with Crippen molar-refractivity contribution in [1.29, 1.82) is 0 Å². The average molecular weight is 284 g/mol. The maximum absolute atomic E-state index is 12.3. The highest BCUT2D eigenvalue weighted by Gasteiger charge is 2.43. The Kier molecular flexibility index (Phi) is 3.58. The summed E-state index contributed by atoms with van der Waals surface area (Å²) in [6.45, 7) is 4.03. The van der Waals surface area contributed by atoms with Gasteiger partial charge in [-0.25, -0.2) is 0 Å². The zero-order valence-corrected chi connectivity index (χ0v) is 11.9. The molecule has 104 valence electrons. The van der Waals surface area contributed by atoms with Crippen molar-refractivity contribution in [1.82, 2.24) is 9.88 Å². The van der Waals surface area contributed by atoms with Gasteiger partial charge in [0, 0.05) is 0 Å². The molecule has 0 atom stereocenters. The van der Waals surface area contributed by atoms with Gasteiger partial charge >= 0.3 is 0 Å². The van der Waals surface area contributed by atoms with Gasteiger partial charge in [-0.15, -0.1) is 0 Å². The number of hydrogen-bond donors (Lipinski definition) is 2. The van der Waals surface area contributed by atoms with E-state index in [-0.39, 0.29) is 27.9 Å². The topological polar surface area (TPSA) is 77.1 Å². The minimum atomic E-state index is -0.688. The van der Waals surface area contributed by atoms with Crippen LogP contribution in [0.4, 0.5) is 5.69 Å². The van der Waals surface area contributed by atoms with Crippen LogP contribution in [0.1, 0.15) is 50.0 Å². The number of nitrogens with one attached hydrogen (secondary N) is 1. The van der Waals surface area contributed by atoms with Crippen LogP contribution >= 0.6 is 11.6 Å². The summed E-state index contributed by atoms with van der Waals surface area (Å²) < 4.78 is 1.46. The van der Waals surface area contributed by atoms with E-state index in [9.17, 15) is 9.59 Å². The molecule has 0 fully saturated rings. The molecule has 0 saturated carbocycles. The Hall–Kier alpha value is -1.49. The van der Waals surface area contributed by atoms with Crippen LogP contribution in [0.15, 0.2) is 10.9 Å². The Morgan fingerprint density at radius 3 is 2.42 bits per heavy atom. The van der Waals surface area contributed by atoms with Crippen molar-refractivity contribution in [3.05, 3.63) is 27.1 Å². The number of nitrogens with two attached hydrogens (primary N) is 1. The first-order chi connectivity index (χ1) is 8.96. The van der Waals surface area contributed by atoms with Crippen LogP contribution in [0.3, 0.4) is 0 Å². The summed E-state index contributed by atoms with van der Waals surface area (Å²) in [6, 6.07) is 1.35. The third kappa shape index (κ3) is 2.02. The number of amides is 1. The molecule has 0 radical (unpaired) electrons. The Bertz CT molecular complexity index is 574. The monoisotopic (exact) mass is 283 g/mol. The largest absolute Gasteiger partial charge is 0.394 e. The normalized spacial score (nSPS) is 16.3. The van der Waals surface area contributed by atoms with Gasteiger partial charge in [-0.1, -0.05) is 38.3 Å². The summed E-state index contributed by atoms with van der Waals surface area (Å²) in [5, 5.41) is 3.15. The van der Waals surface area contributed by atoms with Crippen molar-refractivity contribution >= 4 is 23.2 Å². The lowest BCUT2D eigenvalue weighted by molar-refractivity contribution is 0.0900. The minimum Gasteiger partial charge on any atom is -0.394 e. The number of halogens is 1. The third-order valence-electron chi connectivity index (χ3n) is 3.50. The van der Waals surface area contributed by atoms with Crippen molar-refractivity contribution in [2.24, 2.45) is 0 Å². The Labute approximate surface area is 116 Å². The molecule has 0 spiro atoms. The lowest BCUT2D eigenvalue weighted by atomic mass is 9.98. The van der Waals surface area contributed by atoms with Gasteiger partial charge < -0.3 is 11.1 Å². The molecule has 3 N–H and O–H groups in total. The number of hydrogen-bond acceptors (Lipinski definition) is 3. The molecule has 1 aromatic heterocycles. The van der Waals surface area contributed by atoms with Gasteiger partial charge in [0.25, 0.3) is 11.5 Å². The van der Waals surface area contributed by atoms with Crippen molar-refractivity contribution in [2.75, 3.05) is 5.73 Å². The highest BCUT2D eigenvalue weighted by Crippen LogP contribution is 2.34. The Morgan fingerprint density at radius 1 is 1.32 bits per heavy atom. The van der Waals surface area contributed by atoms with Gasteiger partial charge in [0.1, 0.15) is 11.4 Å². The first-order valence-corrected chi connectivity index (χ1v) is 6.88. The number of fused-ring (bicyclic) bond motifs is 1. The smallest absolute Gasteiger partial charge is 0.276 e. The molecule has 0 aliphatic carbocycles. The summed E-state index contributed by atoms with van der Waals surface area (Å²) in [6.07, 6.45) is 3.05. The van der Waals surface area contributed by atoms with Crippen LogP contribution in [0.5, 0.6) is 0 Å². The van der Waals surface area contributed by atoms with Gasteiger partial charge in [0.05, 0.1) is 10.7 Å². The molecule has 5 nitrogen and oxygen atoms in total. The third-order valence-corrected chi connectivity index (χ3v) is 3.79. The van der Waals surface area contributed by atoms with E-state index in [2.05, 4.69) is 5.32 Å². The van der Waals surface area contributed by atoms with E-state index in [0.717, 1.165) is 12.8 Å². The highest BCUT2D eigenvalue weighted by molar-refractivity contribution is 6.34. The van der Waals surface area contributed by atoms with Gasteiger partial charge in [-0.2, -0.15) is 0 Å². The van der Waals surface area contributed by atoms with E-state index in [4.69, 9.17) is 17.3 Å². The summed E-state index contributed by atoms with van der Waals surface area (Å²) >= 11 is 6.07. The van der Waals surface area contributed by atoms with Crippen molar-refractivity contribution in [3.63, 3.8) is 0 Å². The van der Waals surface area contributed by atoms with Crippen molar-refractivity contribution in [3.8, 4) is 0 Å². The van der Waals surface area contributed by atoms with Crippen molar-refractivity contribution in [2.45, 2.75) is 45.2 Å². The Morgan fingerprint density at radius 2 is 1.89 bits per heavy atom. The molecule has 6 heteroatoms. The van der Waals surface area contributed by atoms with Crippen molar-refractivity contribution < 1.29 is 4.79 Å². The predicted octanol–water partition coefficient (Wildman–Crippen LogP) is 2.08. The fraction of sp³-hybridized carbons (Fsp3) is 0.538. The Balaban J connectivity index is 2.74. The molecule has 1 amide bonds. The lowest BCUT2D eigenvalue weighted by Crippen LogP contribution is -2.47. The van der Waals surface area contributed by atoms with E-state index in [1.165, 1.54) is 10.6 Å². The number of carbonyl (C=O) groups is 1. The molecule has 0 bridgehead atoms. The van der Waals surface area contributed by atoms with Gasteiger partial charge in [0.2, 0.25) is 0 Å². The lowest BCUT2D eigenvalue weighted by Gasteiger charge is -2.31. The molecule has 0 saturated heterocycles. The second-order valence-electron chi connectivity index (χ2n) is 4.92. The summed E-state index contributed by atoms with van der Waals surface area (Å²) in [4.78, 5) is 24.4. The first kappa shape index (κ1) is 13.9. The molecule has 1 aliphatic rings. The van der Waals surface area contributed by atoms with E-state index in [1.54, 1.807) is 0 Å². The molecule has 0 unspecified atom stereocenters. The number of rotatable bonds is 4. The average Bonchev–Trinajstić information content (AvgIpc) is 2.61. The number of nitrogens with zero attached hydrogens (tertiary/aromatic N) is 1. The molecule has 2 rings (SSSR count). The van der Waals surface area contributed by atoms with Crippen LogP contribution in [0.25, 0.3) is 0 Å².